The van der Waals surface area contributed by atoms with Gasteiger partial charge in [-0.2, -0.15) is 0 Å². The maximum atomic E-state index is 12.2. The lowest BCUT2D eigenvalue weighted by molar-refractivity contribution is -0.138. The number of nitrogens with one attached hydrogen (secondary N) is 1. The molecule has 0 spiro atoms. The van der Waals surface area contributed by atoms with E-state index in [0.29, 0.717) is 19.5 Å². The molecule has 2 rings (SSSR count). The monoisotopic (exact) mass is 268 g/mol. The Hall–Kier alpha value is -1.10. The van der Waals surface area contributed by atoms with Crippen molar-refractivity contribution in [2.45, 2.75) is 52.2 Å². The van der Waals surface area contributed by atoms with E-state index in [1.807, 2.05) is 13.8 Å². The van der Waals surface area contributed by atoms with Crippen molar-refractivity contribution in [3.63, 3.8) is 0 Å². The van der Waals surface area contributed by atoms with Gasteiger partial charge < -0.3 is 15.3 Å². The molecule has 2 unspecified atom stereocenters. The van der Waals surface area contributed by atoms with E-state index in [0.717, 1.165) is 12.8 Å². The van der Waals surface area contributed by atoms with Gasteiger partial charge in [-0.3, -0.25) is 9.59 Å². The summed E-state index contributed by atoms with van der Waals surface area (Å²) in [6.45, 7) is 6.86. The molecule has 2 aliphatic rings. The Morgan fingerprint density at radius 1 is 1.26 bits per heavy atom. The van der Waals surface area contributed by atoms with Gasteiger partial charge in [-0.15, -0.1) is 0 Å². The third-order valence-corrected chi connectivity index (χ3v) is 4.84. The predicted molar refractivity (Wildman–Crippen MR) is 71.3 cm³/mol. The Morgan fingerprint density at radius 2 is 1.84 bits per heavy atom. The van der Waals surface area contributed by atoms with Crippen molar-refractivity contribution in [3.05, 3.63) is 0 Å². The fourth-order valence-corrected chi connectivity index (χ4v) is 2.89. The third-order valence-electron chi connectivity index (χ3n) is 4.84. The molecule has 1 aliphatic carbocycles. The normalized spacial score (nSPS) is 30.6. The number of carbonyl (C=O) groups is 2. The van der Waals surface area contributed by atoms with Crippen molar-refractivity contribution >= 4 is 11.8 Å². The van der Waals surface area contributed by atoms with E-state index in [1.165, 1.54) is 0 Å². The summed E-state index contributed by atoms with van der Waals surface area (Å²) < 4.78 is 0. The van der Waals surface area contributed by atoms with Crippen molar-refractivity contribution in [2.75, 3.05) is 13.1 Å². The van der Waals surface area contributed by atoms with E-state index in [4.69, 9.17) is 0 Å². The summed E-state index contributed by atoms with van der Waals surface area (Å²) >= 11 is 0. The van der Waals surface area contributed by atoms with Gasteiger partial charge in [-0.1, -0.05) is 13.8 Å². The standard InChI is InChI=1S/C14H24N2O3/c1-9(17)16-6-4-10(5-7-16)13(19)15-11-8-12(18)14(11,2)3/h10-12,18H,4-8H2,1-3H3,(H,15,19). The molecular weight excluding hydrogens is 244 g/mol. The highest BCUT2D eigenvalue weighted by Gasteiger charge is 2.48. The highest BCUT2D eigenvalue weighted by molar-refractivity contribution is 5.80. The Morgan fingerprint density at radius 3 is 2.26 bits per heavy atom. The lowest BCUT2D eigenvalue weighted by Crippen LogP contribution is -2.62. The fraction of sp³-hybridized carbons (Fsp3) is 0.857. The van der Waals surface area contributed by atoms with Crippen molar-refractivity contribution in [1.29, 1.82) is 0 Å². The maximum Gasteiger partial charge on any atom is 0.223 e. The summed E-state index contributed by atoms with van der Waals surface area (Å²) in [5, 5.41) is 12.7. The number of aliphatic hydroxyl groups excluding tert-OH is 1. The van der Waals surface area contributed by atoms with E-state index in [-0.39, 0.29) is 35.3 Å². The largest absolute Gasteiger partial charge is 0.392 e. The average Bonchev–Trinajstić information content (AvgIpc) is 2.38. The minimum absolute atomic E-state index is 0.00384. The van der Waals surface area contributed by atoms with Gasteiger partial charge in [0.15, 0.2) is 0 Å². The third kappa shape index (κ3) is 2.76. The van der Waals surface area contributed by atoms with E-state index >= 15 is 0 Å². The second kappa shape index (κ2) is 5.12. The van der Waals surface area contributed by atoms with Gasteiger partial charge in [-0.25, -0.2) is 0 Å². The Kier molecular flexibility index (Phi) is 3.85. The molecule has 19 heavy (non-hydrogen) atoms. The summed E-state index contributed by atoms with van der Waals surface area (Å²) in [5.74, 6) is 0.166. The summed E-state index contributed by atoms with van der Waals surface area (Å²) in [6, 6.07) is 0.0702. The number of aliphatic hydroxyl groups is 1. The zero-order valence-corrected chi connectivity index (χ0v) is 12.0. The van der Waals surface area contributed by atoms with Crippen LogP contribution < -0.4 is 5.32 Å². The van der Waals surface area contributed by atoms with Crippen molar-refractivity contribution in [2.24, 2.45) is 11.3 Å². The van der Waals surface area contributed by atoms with E-state index < -0.39 is 0 Å². The molecule has 2 atom stereocenters. The summed E-state index contributed by atoms with van der Waals surface area (Å²) in [4.78, 5) is 25.2. The molecule has 5 heteroatoms. The number of hydrogen-bond acceptors (Lipinski definition) is 3. The number of nitrogens with zero attached hydrogens (tertiary/aromatic N) is 1. The first-order valence-electron chi connectivity index (χ1n) is 7.06. The van der Waals surface area contributed by atoms with Gasteiger partial charge >= 0.3 is 0 Å². The van der Waals surface area contributed by atoms with Crippen molar-refractivity contribution < 1.29 is 14.7 Å². The first-order chi connectivity index (χ1) is 8.82. The van der Waals surface area contributed by atoms with E-state index in [9.17, 15) is 14.7 Å². The number of likely N-dealkylation sites (tertiary alicyclic amines) is 1. The molecular formula is C14H24N2O3. The zero-order chi connectivity index (χ0) is 14.2. The highest BCUT2D eigenvalue weighted by Crippen LogP contribution is 2.40. The quantitative estimate of drug-likeness (QED) is 0.767. The summed E-state index contributed by atoms with van der Waals surface area (Å²) in [7, 11) is 0. The number of carbonyl (C=O) groups excluding carboxylic acids is 2. The molecule has 108 valence electrons. The van der Waals surface area contributed by atoms with Crippen LogP contribution in [0.4, 0.5) is 0 Å². The molecule has 1 saturated heterocycles. The average molecular weight is 268 g/mol. The van der Waals surface area contributed by atoms with Crippen LogP contribution in [0.5, 0.6) is 0 Å². The lowest BCUT2D eigenvalue weighted by atomic mass is 9.64. The van der Waals surface area contributed by atoms with Crippen LogP contribution in [-0.2, 0) is 9.59 Å². The predicted octanol–water partition coefficient (Wildman–Crippen LogP) is 0.520. The maximum absolute atomic E-state index is 12.2. The SMILES string of the molecule is CC(=O)N1CCC(C(=O)NC2CC(O)C2(C)C)CC1. The summed E-state index contributed by atoms with van der Waals surface area (Å²) in [6.07, 6.45) is 1.80. The van der Waals surface area contributed by atoms with Crippen LogP contribution in [0.3, 0.4) is 0 Å². The van der Waals surface area contributed by atoms with E-state index in [1.54, 1.807) is 11.8 Å². The van der Waals surface area contributed by atoms with Gasteiger partial charge in [0.05, 0.1) is 6.10 Å². The molecule has 0 aromatic carbocycles. The van der Waals surface area contributed by atoms with E-state index in [2.05, 4.69) is 5.32 Å². The van der Waals surface area contributed by atoms with Crippen LogP contribution in [0.25, 0.3) is 0 Å². The van der Waals surface area contributed by atoms with Gasteiger partial charge in [0.2, 0.25) is 11.8 Å². The van der Waals surface area contributed by atoms with Crippen LogP contribution in [0.15, 0.2) is 0 Å². The first-order valence-corrected chi connectivity index (χ1v) is 7.06. The van der Waals surface area contributed by atoms with Gasteiger partial charge in [-0.05, 0) is 19.3 Å². The number of piperidine rings is 1. The molecule has 5 nitrogen and oxygen atoms in total. The van der Waals surface area contributed by atoms with Crippen LogP contribution >= 0.6 is 0 Å². The molecule has 0 aromatic heterocycles. The van der Waals surface area contributed by atoms with Gasteiger partial charge in [0.25, 0.3) is 0 Å². The van der Waals surface area contributed by atoms with Gasteiger partial charge in [0, 0.05) is 37.4 Å². The molecule has 2 amide bonds. The molecule has 1 heterocycles. The first kappa shape index (κ1) is 14.3. The molecule has 0 bridgehead atoms. The molecule has 2 fully saturated rings. The lowest BCUT2D eigenvalue weighted by Gasteiger charge is -2.49. The van der Waals surface area contributed by atoms with Crippen LogP contribution in [-0.4, -0.2) is 47.1 Å². The minimum atomic E-state index is -0.322. The Bertz CT molecular complexity index is 373. The Labute approximate surface area is 114 Å². The second-order valence-corrected chi connectivity index (χ2v) is 6.41. The molecule has 0 aromatic rings. The molecule has 1 saturated carbocycles. The number of amides is 2. The van der Waals surface area contributed by atoms with Crippen molar-refractivity contribution in [3.8, 4) is 0 Å². The van der Waals surface area contributed by atoms with Crippen LogP contribution in [0.2, 0.25) is 0 Å². The minimum Gasteiger partial charge on any atom is -0.392 e. The number of rotatable bonds is 2. The van der Waals surface area contributed by atoms with Crippen LogP contribution in [0.1, 0.15) is 40.0 Å². The second-order valence-electron chi connectivity index (χ2n) is 6.41. The van der Waals surface area contributed by atoms with Crippen molar-refractivity contribution in [1.82, 2.24) is 10.2 Å². The summed E-state index contributed by atoms with van der Waals surface area (Å²) in [5.41, 5.74) is -0.226. The molecule has 2 N–H and O–H groups in total. The zero-order valence-electron chi connectivity index (χ0n) is 12.0. The fourth-order valence-electron chi connectivity index (χ4n) is 2.89. The van der Waals surface area contributed by atoms with Crippen LogP contribution in [0, 0.1) is 11.3 Å². The number of hydrogen-bond donors (Lipinski definition) is 2. The highest BCUT2D eigenvalue weighted by atomic mass is 16.3. The topological polar surface area (TPSA) is 69.6 Å². The molecule has 1 aliphatic heterocycles. The Balaban J connectivity index is 1.81. The van der Waals surface area contributed by atoms with Gasteiger partial charge in [0.1, 0.15) is 0 Å². The molecule has 0 radical (unpaired) electrons. The smallest absolute Gasteiger partial charge is 0.223 e.